The summed E-state index contributed by atoms with van der Waals surface area (Å²) in [7, 11) is 0. The minimum absolute atomic E-state index is 0.0509. The van der Waals surface area contributed by atoms with Crippen LogP contribution in [0.4, 0.5) is 0 Å². The Kier molecular flexibility index (Phi) is 3.54. The van der Waals surface area contributed by atoms with Gasteiger partial charge in [-0.25, -0.2) is 0 Å². The highest BCUT2D eigenvalue weighted by molar-refractivity contribution is 7.11. The smallest absolute Gasteiger partial charge is 0.206 e. The molecule has 0 unspecified atom stereocenters. The second kappa shape index (κ2) is 5.10. The lowest BCUT2D eigenvalue weighted by Gasteiger charge is -1.92. The number of hydrogen-bond acceptors (Lipinski definition) is 3. The topological polar surface area (TPSA) is 34.9 Å². The van der Waals surface area contributed by atoms with E-state index in [1.165, 1.54) is 5.56 Å². The average Bonchev–Trinajstić information content (AvgIpc) is 2.94. The van der Waals surface area contributed by atoms with Crippen molar-refractivity contribution < 1.29 is 4.79 Å². The number of carbonyl (C=O) groups excluding carboxylic acids is 1. The van der Waals surface area contributed by atoms with Gasteiger partial charge in [-0.05, 0) is 49.1 Å². The van der Waals surface area contributed by atoms with Crippen LogP contribution in [0.1, 0.15) is 27.9 Å². The summed E-state index contributed by atoms with van der Waals surface area (Å²) in [6.45, 7) is 4.81. The number of carbonyl (C=O) groups is 1. The summed E-state index contributed by atoms with van der Waals surface area (Å²) in [6, 6.07) is 3.79. The highest BCUT2D eigenvalue weighted by Crippen LogP contribution is 2.17. The first kappa shape index (κ1) is 11.8. The van der Waals surface area contributed by atoms with Gasteiger partial charge in [0.15, 0.2) is 0 Å². The summed E-state index contributed by atoms with van der Waals surface area (Å²) in [4.78, 5) is 12.9. The molecule has 0 bridgehead atoms. The van der Waals surface area contributed by atoms with Gasteiger partial charge in [0.25, 0.3) is 0 Å². The molecular weight excluding hydrogens is 232 g/mol. The fourth-order valence-electron chi connectivity index (χ4n) is 1.46. The molecule has 2 aromatic heterocycles. The third-order valence-corrected chi connectivity index (χ3v) is 3.49. The summed E-state index contributed by atoms with van der Waals surface area (Å²) < 4.78 is 1.75. The Morgan fingerprint density at radius 2 is 2.35 bits per heavy atom. The van der Waals surface area contributed by atoms with Crippen molar-refractivity contribution in [3.8, 4) is 0 Å². The lowest BCUT2D eigenvalue weighted by atomic mass is 10.2. The van der Waals surface area contributed by atoms with Gasteiger partial charge in [-0.2, -0.15) is 5.10 Å². The van der Waals surface area contributed by atoms with Gasteiger partial charge in [-0.15, -0.1) is 11.3 Å². The largest absolute Gasteiger partial charge is 0.287 e. The van der Waals surface area contributed by atoms with E-state index in [1.807, 2.05) is 37.6 Å². The predicted molar refractivity (Wildman–Crippen MR) is 70.3 cm³/mol. The van der Waals surface area contributed by atoms with E-state index in [2.05, 4.69) is 5.10 Å². The second-order valence-electron chi connectivity index (χ2n) is 3.72. The molecule has 88 valence electrons. The van der Waals surface area contributed by atoms with Crippen LogP contribution in [0.15, 0.2) is 29.8 Å². The number of aromatic nitrogens is 2. The summed E-state index contributed by atoms with van der Waals surface area (Å²) in [5.74, 6) is -0.0509. The van der Waals surface area contributed by atoms with Crippen LogP contribution >= 0.6 is 11.3 Å². The van der Waals surface area contributed by atoms with E-state index in [-0.39, 0.29) is 5.78 Å². The Hall–Kier alpha value is -1.68. The fraction of sp³-hybridized carbons (Fsp3) is 0.231. The molecule has 0 aliphatic heterocycles. The lowest BCUT2D eigenvalue weighted by molar-refractivity contribution is 0.104. The van der Waals surface area contributed by atoms with Crippen LogP contribution in [-0.4, -0.2) is 15.6 Å². The number of allylic oxidation sites excluding steroid dienone is 1. The highest BCUT2D eigenvalue weighted by Gasteiger charge is 2.05. The van der Waals surface area contributed by atoms with Crippen molar-refractivity contribution >= 4 is 23.2 Å². The van der Waals surface area contributed by atoms with Crippen LogP contribution in [-0.2, 0) is 6.54 Å². The first-order chi connectivity index (χ1) is 8.20. The van der Waals surface area contributed by atoms with Crippen LogP contribution in [0.3, 0.4) is 0 Å². The molecule has 0 saturated carbocycles. The minimum atomic E-state index is -0.0509. The Morgan fingerprint density at radius 3 is 2.94 bits per heavy atom. The van der Waals surface area contributed by atoms with Gasteiger partial charge in [-0.3, -0.25) is 9.48 Å². The van der Waals surface area contributed by atoms with E-state index in [0.717, 1.165) is 11.4 Å². The van der Waals surface area contributed by atoms with Crippen LogP contribution < -0.4 is 0 Å². The number of ketones is 1. The Bertz CT molecular complexity index is 551. The monoisotopic (exact) mass is 246 g/mol. The zero-order valence-corrected chi connectivity index (χ0v) is 10.7. The van der Waals surface area contributed by atoms with E-state index in [9.17, 15) is 4.79 Å². The molecule has 3 nitrogen and oxygen atoms in total. The van der Waals surface area contributed by atoms with E-state index in [0.29, 0.717) is 5.69 Å². The maximum absolute atomic E-state index is 11.8. The normalized spacial score (nSPS) is 11.2. The number of thiophene rings is 1. The minimum Gasteiger partial charge on any atom is -0.287 e. The van der Waals surface area contributed by atoms with Crippen molar-refractivity contribution in [3.05, 3.63) is 45.9 Å². The third kappa shape index (κ3) is 2.71. The summed E-state index contributed by atoms with van der Waals surface area (Å²) in [5.41, 5.74) is 1.69. The molecule has 0 aliphatic carbocycles. The molecule has 2 aromatic rings. The van der Waals surface area contributed by atoms with Crippen molar-refractivity contribution in [2.45, 2.75) is 20.4 Å². The molecule has 17 heavy (non-hydrogen) atoms. The molecule has 0 saturated heterocycles. The average molecular weight is 246 g/mol. The third-order valence-electron chi connectivity index (χ3n) is 2.50. The van der Waals surface area contributed by atoms with E-state index in [1.54, 1.807) is 28.2 Å². The predicted octanol–water partition coefficient (Wildman–Crippen LogP) is 3.17. The maximum Gasteiger partial charge on any atom is 0.206 e. The summed E-state index contributed by atoms with van der Waals surface area (Å²) in [6.07, 6.45) is 5.26. The highest BCUT2D eigenvalue weighted by atomic mass is 32.1. The molecule has 0 atom stereocenters. The Labute approximate surface area is 104 Å². The number of nitrogens with zero attached hydrogens (tertiary/aromatic N) is 2. The standard InChI is InChI=1S/C13H14N2OS/c1-3-15-8-6-11(14-15)12(16)4-5-13-10(2)7-9-17-13/h4-9H,3H2,1-2H3/b5-4+. The van der Waals surface area contributed by atoms with Crippen molar-refractivity contribution in [2.75, 3.05) is 0 Å². The van der Waals surface area contributed by atoms with E-state index in [4.69, 9.17) is 0 Å². The van der Waals surface area contributed by atoms with Gasteiger partial charge in [0.05, 0.1) is 0 Å². The van der Waals surface area contributed by atoms with E-state index >= 15 is 0 Å². The zero-order valence-electron chi connectivity index (χ0n) is 9.88. The quantitative estimate of drug-likeness (QED) is 0.613. The van der Waals surface area contributed by atoms with E-state index < -0.39 is 0 Å². The van der Waals surface area contributed by atoms with Gasteiger partial charge in [-0.1, -0.05) is 0 Å². The maximum atomic E-state index is 11.8. The van der Waals surface area contributed by atoms with Gasteiger partial charge in [0, 0.05) is 17.6 Å². The van der Waals surface area contributed by atoms with Crippen molar-refractivity contribution in [1.82, 2.24) is 9.78 Å². The molecule has 0 fully saturated rings. The molecule has 2 rings (SSSR count). The van der Waals surface area contributed by atoms with Crippen molar-refractivity contribution in [3.63, 3.8) is 0 Å². The SMILES string of the molecule is CCn1ccc(C(=O)/C=C/c2sccc2C)n1. The summed E-state index contributed by atoms with van der Waals surface area (Å²) in [5, 5.41) is 6.19. The molecule has 0 spiro atoms. The fourth-order valence-corrected chi connectivity index (χ4v) is 2.28. The molecule has 0 aromatic carbocycles. The van der Waals surface area contributed by atoms with Crippen LogP contribution in [0, 0.1) is 6.92 Å². The molecule has 2 heterocycles. The van der Waals surface area contributed by atoms with Gasteiger partial charge >= 0.3 is 0 Å². The van der Waals surface area contributed by atoms with Gasteiger partial charge < -0.3 is 0 Å². The van der Waals surface area contributed by atoms with Gasteiger partial charge in [0.2, 0.25) is 5.78 Å². The van der Waals surface area contributed by atoms with Gasteiger partial charge in [0.1, 0.15) is 5.69 Å². The van der Waals surface area contributed by atoms with Crippen LogP contribution in [0.5, 0.6) is 0 Å². The Balaban J connectivity index is 2.11. The second-order valence-corrected chi connectivity index (χ2v) is 4.67. The molecule has 0 aliphatic rings. The van der Waals surface area contributed by atoms with Crippen LogP contribution in [0.2, 0.25) is 0 Å². The van der Waals surface area contributed by atoms with Crippen molar-refractivity contribution in [2.24, 2.45) is 0 Å². The van der Waals surface area contributed by atoms with Crippen molar-refractivity contribution in [1.29, 1.82) is 0 Å². The molecular formula is C13H14N2OS. The molecule has 4 heteroatoms. The zero-order chi connectivity index (χ0) is 12.3. The molecule has 0 N–H and O–H groups in total. The first-order valence-corrected chi connectivity index (χ1v) is 6.38. The number of hydrogen-bond donors (Lipinski definition) is 0. The lowest BCUT2D eigenvalue weighted by Crippen LogP contribution is -1.99. The molecule has 0 amide bonds. The van der Waals surface area contributed by atoms with Crippen LogP contribution in [0.25, 0.3) is 6.08 Å². The number of aryl methyl sites for hydroxylation is 2. The summed E-state index contributed by atoms with van der Waals surface area (Å²) >= 11 is 1.63. The molecule has 0 radical (unpaired) electrons. The first-order valence-electron chi connectivity index (χ1n) is 5.50. The number of rotatable bonds is 4. The Morgan fingerprint density at radius 1 is 1.53 bits per heavy atom.